The van der Waals surface area contributed by atoms with E-state index in [-0.39, 0.29) is 16.7 Å². The highest BCUT2D eigenvalue weighted by atomic mass is 32.2. The van der Waals surface area contributed by atoms with Crippen LogP contribution in [0.3, 0.4) is 0 Å². The van der Waals surface area contributed by atoms with E-state index in [0.717, 1.165) is 19.3 Å². The Bertz CT molecular complexity index is 899. The van der Waals surface area contributed by atoms with Crippen LogP contribution in [-0.2, 0) is 10.0 Å². The minimum atomic E-state index is -3.51. The lowest BCUT2D eigenvalue weighted by atomic mass is 10.2. The van der Waals surface area contributed by atoms with Crippen LogP contribution in [0.5, 0.6) is 0 Å². The van der Waals surface area contributed by atoms with Gasteiger partial charge in [0.25, 0.3) is 5.22 Å². The second kappa shape index (κ2) is 8.20. The predicted molar refractivity (Wildman–Crippen MR) is 97.8 cm³/mol. The summed E-state index contributed by atoms with van der Waals surface area (Å²) in [6.07, 6.45) is 2.85. The third kappa shape index (κ3) is 4.26. The number of nitrogens with zero attached hydrogens (tertiary/aromatic N) is 4. The van der Waals surface area contributed by atoms with Gasteiger partial charge in [-0.25, -0.2) is 8.42 Å². The number of nitriles is 1. The fourth-order valence-electron chi connectivity index (χ4n) is 2.66. The monoisotopic (exact) mass is 392 g/mol. The molecular formula is C17H20N4O3S2. The lowest BCUT2D eigenvalue weighted by molar-refractivity contribution is 0.346. The highest BCUT2D eigenvalue weighted by Crippen LogP contribution is 2.27. The molecule has 1 aromatic heterocycles. The highest BCUT2D eigenvalue weighted by Gasteiger charge is 2.26. The van der Waals surface area contributed by atoms with Crippen molar-refractivity contribution in [2.45, 2.75) is 36.3 Å². The van der Waals surface area contributed by atoms with Crippen molar-refractivity contribution in [3.05, 3.63) is 24.3 Å². The van der Waals surface area contributed by atoms with E-state index in [1.165, 1.54) is 16.1 Å². The van der Waals surface area contributed by atoms with Crippen molar-refractivity contribution in [2.24, 2.45) is 5.92 Å². The number of benzene rings is 1. The first-order chi connectivity index (χ1) is 12.5. The molecule has 0 saturated carbocycles. The molecule has 3 rings (SSSR count). The zero-order valence-electron chi connectivity index (χ0n) is 14.5. The Labute approximate surface area is 157 Å². The standard InChI is InChI=1S/C17H20N4O3S2/c1-13(11-18)12-25-17-20-19-16(24-17)14-6-5-7-15(10-14)26(22,23)21-8-3-2-4-9-21/h5-7,10,13H,2-4,8-9,12H2,1H3/t13-/m0/s1. The van der Waals surface area contributed by atoms with Gasteiger partial charge in [0.05, 0.1) is 16.9 Å². The molecular weight excluding hydrogens is 372 g/mol. The van der Waals surface area contributed by atoms with Crippen LogP contribution in [0.15, 0.2) is 38.8 Å². The molecule has 7 nitrogen and oxygen atoms in total. The molecule has 2 heterocycles. The van der Waals surface area contributed by atoms with E-state index in [4.69, 9.17) is 9.68 Å². The topological polar surface area (TPSA) is 100 Å². The van der Waals surface area contributed by atoms with Crippen LogP contribution in [0.2, 0.25) is 0 Å². The molecule has 0 amide bonds. The Morgan fingerprint density at radius 3 is 2.81 bits per heavy atom. The van der Waals surface area contributed by atoms with E-state index in [2.05, 4.69) is 16.3 Å². The summed E-state index contributed by atoms with van der Waals surface area (Å²) >= 11 is 1.31. The van der Waals surface area contributed by atoms with Crippen molar-refractivity contribution in [2.75, 3.05) is 18.8 Å². The molecule has 0 radical (unpaired) electrons. The molecule has 26 heavy (non-hydrogen) atoms. The highest BCUT2D eigenvalue weighted by molar-refractivity contribution is 7.99. The molecule has 2 aromatic rings. The van der Waals surface area contributed by atoms with Gasteiger partial charge in [-0.05, 0) is 38.0 Å². The number of rotatable bonds is 6. The summed E-state index contributed by atoms with van der Waals surface area (Å²) in [7, 11) is -3.51. The number of piperidine rings is 1. The lowest BCUT2D eigenvalue weighted by Crippen LogP contribution is -2.35. The molecule has 0 aliphatic carbocycles. The Kier molecular flexibility index (Phi) is 5.96. The van der Waals surface area contributed by atoms with Gasteiger partial charge in [0.1, 0.15) is 0 Å². The Balaban J connectivity index is 1.79. The molecule has 0 unspecified atom stereocenters. The molecule has 0 spiro atoms. The number of thioether (sulfide) groups is 1. The van der Waals surface area contributed by atoms with E-state index in [0.29, 0.717) is 29.6 Å². The molecule has 1 saturated heterocycles. The van der Waals surface area contributed by atoms with Gasteiger partial charge in [0, 0.05) is 24.4 Å². The van der Waals surface area contributed by atoms with Crippen LogP contribution in [0.25, 0.3) is 11.5 Å². The molecule has 1 aromatic carbocycles. The van der Waals surface area contributed by atoms with E-state index in [1.54, 1.807) is 24.3 Å². The zero-order valence-corrected chi connectivity index (χ0v) is 16.1. The molecule has 1 atom stereocenters. The summed E-state index contributed by atoms with van der Waals surface area (Å²) in [5.74, 6) is 0.711. The maximum absolute atomic E-state index is 12.8. The average Bonchev–Trinajstić information content (AvgIpc) is 3.16. The first kappa shape index (κ1) is 18.9. The van der Waals surface area contributed by atoms with Crippen LogP contribution in [0.4, 0.5) is 0 Å². The minimum absolute atomic E-state index is 0.117. The molecule has 1 aliphatic heterocycles. The molecule has 0 bridgehead atoms. The largest absolute Gasteiger partial charge is 0.411 e. The van der Waals surface area contributed by atoms with Crippen molar-refractivity contribution < 1.29 is 12.8 Å². The van der Waals surface area contributed by atoms with Crippen LogP contribution < -0.4 is 0 Å². The van der Waals surface area contributed by atoms with Gasteiger partial charge >= 0.3 is 0 Å². The molecule has 1 fully saturated rings. The number of sulfonamides is 1. The Hall–Kier alpha value is -1.89. The predicted octanol–water partition coefficient (Wildman–Crippen LogP) is 3.16. The summed E-state index contributed by atoms with van der Waals surface area (Å²) < 4.78 is 32.8. The van der Waals surface area contributed by atoms with Crippen molar-refractivity contribution in [1.82, 2.24) is 14.5 Å². The van der Waals surface area contributed by atoms with E-state index < -0.39 is 10.0 Å². The second-order valence-corrected chi connectivity index (χ2v) is 9.12. The molecule has 138 valence electrons. The van der Waals surface area contributed by atoms with Gasteiger partial charge in [-0.2, -0.15) is 9.57 Å². The smallest absolute Gasteiger partial charge is 0.276 e. The first-order valence-corrected chi connectivity index (χ1v) is 10.9. The fourth-order valence-corrected chi connectivity index (χ4v) is 4.93. The third-order valence-electron chi connectivity index (χ3n) is 4.12. The summed E-state index contributed by atoms with van der Waals surface area (Å²) in [5, 5.41) is 17.1. The number of aromatic nitrogens is 2. The van der Waals surface area contributed by atoms with Crippen LogP contribution in [0.1, 0.15) is 26.2 Å². The molecule has 0 N–H and O–H groups in total. The Morgan fingerprint density at radius 1 is 1.31 bits per heavy atom. The second-order valence-electron chi connectivity index (χ2n) is 6.21. The van der Waals surface area contributed by atoms with Crippen LogP contribution >= 0.6 is 11.8 Å². The van der Waals surface area contributed by atoms with Gasteiger partial charge in [-0.1, -0.05) is 24.2 Å². The van der Waals surface area contributed by atoms with Crippen LogP contribution in [0, 0.1) is 17.2 Å². The summed E-state index contributed by atoms with van der Waals surface area (Å²) in [4.78, 5) is 0.238. The maximum Gasteiger partial charge on any atom is 0.276 e. The van der Waals surface area contributed by atoms with Crippen molar-refractivity contribution in [1.29, 1.82) is 5.26 Å². The SMILES string of the molecule is C[C@@H](C#N)CSc1nnc(-c2cccc(S(=O)(=O)N3CCCCC3)c2)o1. The van der Waals surface area contributed by atoms with E-state index in [1.807, 2.05) is 6.92 Å². The fraction of sp³-hybridized carbons (Fsp3) is 0.471. The van der Waals surface area contributed by atoms with Gasteiger partial charge in [-0.3, -0.25) is 0 Å². The van der Waals surface area contributed by atoms with Gasteiger partial charge in [0.15, 0.2) is 0 Å². The normalized spacial score (nSPS) is 16.9. The first-order valence-electron chi connectivity index (χ1n) is 8.47. The van der Waals surface area contributed by atoms with Gasteiger partial charge in [-0.15, -0.1) is 10.2 Å². The molecule has 9 heteroatoms. The quantitative estimate of drug-likeness (QED) is 0.696. The summed E-state index contributed by atoms with van der Waals surface area (Å²) in [5.41, 5.74) is 0.566. The van der Waals surface area contributed by atoms with Crippen molar-refractivity contribution in [3.8, 4) is 17.5 Å². The summed E-state index contributed by atoms with van der Waals surface area (Å²) in [6, 6.07) is 8.74. The average molecular weight is 393 g/mol. The minimum Gasteiger partial charge on any atom is -0.411 e. The third-order valence-corrected chi connectivity index (χ3v) is 7.09. The van der Waals surface area contributed by atoms with Gasteiger partial charge in [0.2, 0.25) is 15.9 Å². The lowest BCUT2D eigenvalue weighted by Gasteiger charge is -2.25. The van der Waals surface area contributed by atoms with E-state index in [9.17, 15) is 8.42 Å². The van der Waals surface area contributed by atoms with Crippen molar-refractivity contribution >= 4 is 21.8 Å². The number of hydrogen-bond acceptors (Lipinski definition) is 7. The summed E-state index contributed by atoms with van der Waals surface area (Å²) in [6.45, 7) is 2.94. The maximum atomic E-state index is 12.8. The van der Waals surface area contributed by atoms with Crippen molar-refractivity contribution in [3.63, 3.8) is 0 Å². The number of hydrogen-bond donors (Lipinski definition) is 0. The van der Waals surface area contributed by atoms with E-state index >= 15 is 0 Å². The van der Waals surface area contributed by atoms with Gasteiger partial charge < -0.3 is 4.42 Å². The van der Waals surface area contributed by atoms with Crippen LogP contribution in [-0.4, -0.2) is 41.8 Å². The Morgan fingerprint density at radius 2 is 2.08 bits per heavy atom. The molecule has 1 aliphatic rings. The zero-order chi connectivity index (χ0) is 18.6.